The number of unbranched alkanes of at least 4 members (excludes halogenated alkanes) is 1. The van der Waals surface area contributed by atoms with Gasteiger partial charge in [0.05, 0.1) is 0 Å². The predicted octanol–water partition coefficient (Wildman–Crippen LogP) is 3.77. The first kappa shape index (κ1) is 15.1. The van der Waals surface area contributed by atoms with Crippen molar-refractivity contribution < 1.29 is 0 Å². The molecule has 4 heteroatoms. The minimum Gasteiger partial charge on any atom is -0.370 e. The second-order valence-corrected chi connectivity index (χ2v) is 5.69. The average Bonchev–Trinajstić information content (AvgIpc) is 2.47. The minimum atomic E-state index is 0.640. The van der Waals surface area contributed by atoms with Crippen LogP contribution in [0.25, 0.3) is 0 Å². The molecule has 0 aliphatic carbocycles. The van der Waals surface area contributed by atoms with Crippen molar-refractivity contribution in [3.63, 3.8) is 0 Å². The molecule has 1 N–H and O–H groups in total. The van der Waals surface area contributed by atoms with E-state index < -0.39 is 0 Å². The Morgan fingerprint density at radius 1 is 1.30 bits per heavy atom. The van der Waals surface area contributed by atoms with E-state index in [1.165, 1.54) is 38.5 Å². The van der Waals surface area contributed by atoms with Gasteiger partial charge in [0, 0.05) is 25.2 Å². The van der Waals surface area contributed by atoms with E-state index in [-0.39, 0.29) is 0 Å². The monoisotopic (exact) mass is 276 g/mol. The molecule has 2 heterocycles. The van der Waals surface area contributed by atoms with Crippen LogP contribution >= 0.6 is 0 Å². The molecule has 0 radical (unpaired) electrons. The SMILES string of the molecule is CCCCNc1cc(N2CCCCC2CC)nc(C)n1. The molecule has 112 valence electrons. The standard InChI is InChI=1S/C16H28N4/c1-4-6-10-17-15-12-16(19-13(3)18-15)20-11-8-7-9-14(20)5-2/h12,14H,4-11H2,1-3H3,(H,17,18,19). The van der Waals surface area contributed by atoms with E-state index in [1.54, 1.807) is 0 Å². The molecule has 4 nitrogen and oxygen atoms in total. The summed E-state index contributed by atoms with van der Waals surface area (Å²) in [6.45, 7) is 8.59. The van der Waals surface area contributed by atoms with Crippen molar-refractivity contribution >= 4 is 11.6 Å². The number of nitrogens with one attached hydrogen (secondary N) is 1. The summed E-state index contributed by atoms with van der Waals surface area (Å²) in [4.78, 5) is 11.6. The molecule has 1 aromatic rings. The van der Waals surface area contributed by atoms with Crippen LogP contribution in [0.2, 0.25) is 0 Å². The van der Waals surface area contributed by atoms with E-state index in [0.29, 0.717) is 6.04 Å². The van der Waals surface area contributed by atoms with Gasteiger partial charge in [-0.2, -0.15) is 0 Å². The van der Waals surface area contributed by atoms with Crippen molar-refractivity contribution in [2.45, 2.75) is 65.3 Å². The van der Waals surface area contributed by atoms with Crippen LogP contribution in [0.1, 0.15) is 58.2 Å². The van der Waals surface area contributed by atoms with Gasteiger partial charge in [-0.1, -0.05) is 20.3 Å². The van der Waals surface area contributed by atoms with Gasteiger partial charge in [0.1, 0.15) is 17.5 Å². The summed E-state index contributed by atoms with van der Waals surface area (Å²) >= 11 is 0. The van der Waals surface area contributed by atoms with Gasteiger partial charge in [-0.15, -0.1) is 0 Å². The zero-order chi connectivity index (χ0) is 14.4. The fourth-order valence-electron chi connectivity index (χ4n) is 2.91. The van der Waals surface area contributed by atoms with Crippen LogP contribution in [0.3, 0.4) is 0 Å². The van der Waals surface area contributed by atoms with Gasteiger partial charge in [0.15, 0.2) is 0 Å². The van der Waals surface area contributed by atoms with E-state index >= 15 is 0 Å². The zero-order valence-electron chi connectivity index (χ0n) is 13.2. The predicted molar refractivity (Wildman–Crippen MR) is 85.4 cm³/mol. The maximum absolute atomic E-state index is 4.66. The maximum atomic E-state index is 4.66. The Hall–Kier alpha value is -1.32. The smallest absolute Gasteiger partial charge is 0.134 e. The number of aryl methyl sites for hydroxylation is 1. The van der Waals surface area contributed by atoms with E-state index in [4.69, 9.17) is 0 Å². The Morgan fingerprint density at radius 3 is 2.90 bits per heavy atom. The Bertz CT molecular complexity index is 419. The van der Waals surface area contributed by atoms with Gasteiger partial charge < -0.3 is 10.2 Å². The van der Waals surface area contributed by atoms with Gasteiger partial charge in [-0.3, -0.25) is 0 Å². The largest absolute Gasteiger partial charge is 0.370 e. The lowest BCUT2D eigenvalue weighted by molar-refractivity contribution is 0.446. The fraction of sp³-hybridized carbons (Fsp3) is 0.750. The summed E-state index contributed by atoms with van der Waals surface area (Å²) in [5.41, 5.74) is 0. The molecular formula is C16H28N4. The number of aromatic nitrogens is 2. The third-order valence-corrected chi connectivity index (χ3v) is 4.05. The average molecular weight is 276 g/mol. The number of anilines is 2. The molecular weight excluding hydrogens is 248 g/mol. The lowest BCUT2D eigenvalue weighted by Crippen LogP contribution is -2.39. The molecule has 1 fully saturated rings. The second-order valence-electron chi connectivity index (χ2n) is 5.69. The summed E-state index contributed by atoms with van der Waals surface area (Å²) in [7, 11) is 0. The molecule has 1 aromatic heterocycles. The lowest BCUT2D eigenvalue weighted by Gasteiger charge is -2.36. The molecule has 20 heavy (non-hydrogen) atoms. The Balaban J connectivity index is 2.13. The Labute approximate surface area is 123 Å². The van der Waals surface area contributed by atoms with Gasteiger partial charge >= 0.3 is 0 Å². The van der Waals surface area contributed by atoms with Crippen molar-refractivity contribution in [3.8, 4) is 0 Å². The van der Waals surface area contributed by atoms with Crippen molar-refractivity contribution in [1.82, 2.24) is 9.97 Å². The Kier molecular flexibility index (Phi) is 5.62. The van der Waals surface area contributed by atoms with Crippen LogP contribution in [-0.2, 0) is 0 Å². The molecule has 2 rings (SSSR count). The van der Waals surface area contributed by atoms with Crippen LogP contribution in [0.4, 0.5) is 11.6 Å². The fourth-order valence-corrected chi connectivity index (χ4v) is 2.91. The third kappa shape index (κ3) is 3.84. The van der Waals surface area contributed by atoms with Crippen molar-refractivity contribution in [2.75, 3.05) is 23.3 Å². The molecule has 0 bridgehead atoms. The van der Waals surface area contributed by atoms with E-state index in [0.717, 1.165) is 30.5 Å². The number of nitrogens with zero attached hydrogens (tertiary/aromatic N) is 3. The molecule has 0 saturated carbocycles. The van der Waals surface area contributed by atoms with Gasteiger partial charge in [0.2, 0.25) is 0 Å². The Morgan fingerprint density at radius 2 is 2.15 bits per heavy atom. The van der Waals surface area contributed by atoms with Crippen LogP contribution in [0.5, 0.6) is 0 Å². The van der Waals surface area contributed by atoms with E-state index in [9.17, 15) is 0 Å². The molecule has 1 saturated heterocycles. The van der Waals surface area contributed by atoms with Crippen LogP contribution in [-0.4, -0.2) is 29.1 Å². The van der Waals surface area contributed by atoms with Gasteiger partial charge in [0.25, 0.3) is 0 Å². The quantitative estimate of drug-likeness (QED) is 0.803. The van der Waals surface area contributed by atoms with Crippen molar-refractivity contribution in [1.29, 1.82) is 0 Å². The highest BCUT2D eigenvalue weighted by Gasteiger charge is 2.22. The molecule has 1 aliphatic heterocycles. The normalized spacial score (nSPS) is 19.1. The summed E-state index contributed by atoms with van der Waals surface area (Å²) in [6.07, 6.45) is 7.49. The topological polar surface area (TPSA) is 41.0 Å². The van der Waals surface area contributed by atoms with Crippen molar-refractivity contribution in [2.24, 2.45) is 0 Å². The first-order valence-electron chi connectivity index (χ1n) is 8.10. The molecule has 1 unspecified atom stereocenters. The van der Waals surface area contributed by atoms with Crippen LogP contribution in [0.15, 0.2) is 6.07 Å². The first-order chi connectivity index (χ1) is 9.74. The highest BCUT2D eigenvalue weighted by molar-refractivity contribution is 5.50. The van der Waals surface area contributed by atoms with E-state index in [2.05, 4.69) is 40.1 Å². The molecule has 0 spiro atoms. The van der Waals surface area contributed by atoms with Crippen molar-refractivity contribution in [3.05, 3.63) is 11.9 Å². The number of hydrogen-bond donors (Lipinski definition) is 1. The molecule has 0 aromatic carbocycles. The summed E-state index contributed by atoms with van der Waals surface area (Å²) < 4.78 is 0. The van der Waals surface area contributed by atoms with Gasteiger partial charge in [-0.25, -0.2) is 9.97 Å². The minimum absolute atomic E-state index is 0.640. The zero-order valence-corrected chi connectivity index (χ0v) is 13.2. The highest BCUT2D eigenvalue weighted by Crippen LogP contribution is 2.26. The number of hydrogen-bond acceptors (Lipinski definition) is 4. The van der Waals surface area contributed by atoms with Gasteiger partial charge in [-0.05, 0) is 39.0 Å². The summed E-state index contributed by atoms with van der Waals surface area (Å²) in [6, 6.07) is 2.76. The first-order valence-corrected chi connectivity index (χ1v) is 8.10. The second kappa shape index (κ2) is 7.46. The number of piperidine rings is 1. The number of rotatable bonds is 6. The lowest BCUT2D eigenvalue weighted by atomic mass is 10.00. The maximum Gasteiger partial charge on any atom is 0.134 e. The molecule has 1 atom stereocenters. The third-order valence-electron chi connectivity index (χ3n) is 4.05. The van der Waals surface area contributed by atoms with Crippen LogP contribution < -0.4 is 10.2 Å². The van der Waals surface area contributed by atoms with Crippen LogP contribution in [0, 0.1) is 6.92 Å². The highest BCUT2D eigenvalue weighted by atomic mass is 15.2. The van der Waals surface area contributed by atoms with E-state index in [1.807, 2.05) is 6.92 Å². The summed E-state index contributed by atoms with van der Waals surface area (Å²) in [5.74, 6) is 2.94. The molecule has 0 amide bonds. The summed E-state index contributed by atoms with van der Waals surface area (Å²) in [5, 5.41) is 3.42. The molecule has 1 aliphatic rings.